The molecule has 0 saturated heterocycles. The van der Waals surface area contributed by atoms with Crippen LogP contribution in [0.25, 0.3) is 12.2 Å². The molecule has 0 aliphatic rings. The molecule has 0 bridgehead atoms. The summed E-state index contributed by atoms with van der Waals surface area (Å²) < 4.78 is 16.1. The first-order valence-electron chi connectivity index (χ1n) is 9.58. The van der Waals surface area contributed by atoms with E-state index in [1.165, 1.54) is 27.4 Å². The quantitative estimate of drug-likeness (QED) is 0.554. The Morgan fingerprint density at radius 1 is 0.871 bits per heavy atom. The Labute approximate surface area is 178 Å². The molecule has 164 valence electrons. The molecule has 9 heteroatoms. The van der Waals surface area contributed by atoms with Gasteiger partial charge in [-0.25, -0.2) is 4.98 Å². The van der Waals surface area contributed by atoms with Gasteiger partial charge in [0, 0.05) is 16.7 Å². The number of benzene rings is 1. The second-order valence-corrected chi connectivity index (χ2v) is 7.86. The summed E-state index contributed by atoms with van der Waals surface area (Å²) in [6, 6.07) is 3.39. The first kappa shape index (κ1) is 21.9. The van der Waals surface area contributed by atoms with Crippen molar-refractivity contribution in [2.45, 2.75) is 26.2 Å². The second kappa shape index (κ2) is 8.55. The van der Waals surface area contributed by atoms with Crippen LogP contribution in [-0.4, -0.2) is 41.3 Å². The molecule has 0 aliphatic carbocycles. The third-order valence-electron chi connectivity index (χ3n) is 4.72. The summed E-state index contributed by atoms with van der Waals surface area (Å²) in [5.41, 5.74) is 0.877. The van der Waals surface area contributed by atoms with Crippen LogP contribution in [-0.2, 0) is 5.41 Å². The molecule has 3 rings (SSSR count). The lowest BCUT2D eigenvalue weighted by Crippen LogP contribution is -2.46. The molecule has 0 unspecified atom stereocenters. The topological polar surface area (TPSA) is 122 Å². The number of ether oxygens (including phenoxy) is 3. The van der Waals surface area contributed by atoms with E-state index in [0.29, 0.717) is 28.5 Å². The fourth-order valence-electron chi connectivity index (χ4n) is 3.24. The zero-order chi connectivity index (χ0) is 22.8. The minimum Gasteiger partial charge on any atom is -0.493 e. The Bertz CT molecular complexity index is 1330. The highest BCUT2D eigenvalue weighted by molar-refractivity contribution is 5.66. The molecule has 0 spiro atoms. The summed E-state index contributed by atoms with van der Waals surface area (Å²) in [7, 11) is 4.49. The van der Waals surface area contributed by atoms with Crippen molar-refractivity contribution in [2.24, 2.45) is 0 Å². The monoisotopic (exact) mass is 426 g/mol. The van der Waals surface area contributed by atoms with Gasteiger partial charge in [-0.2, -0.15) is 0 Å². The molecule has 9 nitrogen and oxygen atoms in total. The van der Waals surface area contributed by atoms with Gasteiger partial charge in [-0.1, -0.05) is 20.8 Å². The number of nitrogens with zero attached hydrogens (tertiary/aromatic N) is 1. The predicted molar refractivity (Wildman–Crippen MR) is 117 cm³/mol. The van der Waals surface area contributed by atoms with E-state index >= 15 is 0 Å². The minimum absolute atomic E-state index is 0.0748. The van der Waals surface area contributed by atoms with Crippen molar-refractivity contribution in [3.8, 4) is 17.2 Å². The van der Waals surface area contributed by atoms with Crippen LogP contribution >= 0.6 is 0 Å². The molecular weight excluding hydrogens is 400 g/mol. The Kier molecular flexibility index (Phi) is 6.05. The van der Waals surface area contributed by atoms with Gasteiger partial charge in [0.05, 0.1) is 33.4 Å². The number of nitrogens with one attached hydrogen (secondary N) is 3. The lowest BCUT2D eigenvalue weighted by molar-refractivity contribution is 0.324. The summed E-state index contributed by atoms with van der Waals surface area (Å²) in [6.45, 7) is 6.08. The third kappa shape index (κ3) is 4.40. The van der Waals surface area contributed by atoms with E-state index in [-0.39, 0.29) is 16.1 Å². The van der Waals surface area contributed by atoms with Gasteiger partial charge in [-0.15, -0.1) is 0 Å². The molecule has 0 radical (unpaired) electrons. The number of rotatable bonds is 5. The molecule has 2 heterocycles. The normalized spacial score (nSPS) is 12.8. The molecule has 3 N–H and O–H groups in total. The van der Waals surface area contributed by atoms with Crippen molar-refractivity contribution < 1.29 is 14.2 Å². The predicted octanol–water partition coefficient (Wildman–Crippen LogP) is 0.767. The molecule has 2 aromatic heterocycles. The van der Waals surface area contributed by atoms with Crippen molar-refractivity contribution >= 4 is 12.2 Å². The van der Waals surface area contributed by atoms with E-state index in [1.54, 1.807) is 24.5 Å². The van der Waals surface area contributed by atoms with Crippen LogP contribution in [0.15, 0.2) is 28.0 Å². The Balaban J connectivity index is 2.17. The third-order valence-corrected chi connectivity index (χ3v) is 4.72. The minimum atomic E-state index is -0.462. The summed E-state index contributed by atoms with van der Waals surface area (Å²) in [4.78, 5) is 38.0. The molecule has 0 aliphatic heterocycles. The van der Waals surface area contributed by atoms with Crippen molar-refractivity contribution in [2.75, 3.05) is 21.3 Å². The zero-order valence-electron chi connectivity index (χ0n) is 18.4. The van der Waals surface area contributed by atoms with Gasteiger partial charge >= 0.3 is 0 Å². The highest BCUT2D eigenvalue weighted by Crippen LogP contribution is 2.39. The fourth-order valence-corrected chi connectivity index (χ4v) is 3.24. The molecular formula is C22H26N4O5. The van der Waals surface area contributed by atoms with Gasteiger partial charge in [0.2, 0.25) is 5.75 Å². The highest BCUT2D eigenvalue weighted by Gasteiger charge is 2.19. The molecule has 0 saturated carbocycles. The Morgan fingerprint density at radius 2 is 1.48 bits per heavy atom. The first-order valence-corrected chi connectivity index (χ1v) is 9.58. The smallest absolute Gasteiger partial charge is 0.272 e. The van der Waals surface area contributed by atoms with E-state index in [1.807, 2.05) is 20.8 Å². The summed E-state index contributed by atoms with van der Waals surface area (Å²) >= 11 is 0. The number of aromatic amines is 3. The Morgan fingerprint density at radius 3 is 2.03 bits per heavy atom. The number of imidazole rings is 1. The molecule has 1 aromatic carbocycles. The van der Waals surface area contributed by atoms with Crippen LogP contribution in [0.1, 0.15) is 37.7 Å². The highest BCUT2D eigenvalue weighted by atomic mass is 16.5. The van der Waals surface area contributed by atoms with Gasteiger partial charge in [0.1, 0.15) is 10.7 Å². The summed E-state index contributed by atoms with van der Waals surface area (Å²) in [6.07, 6.45) is 4.63. The average molecular weight is 426 g/mol. The number of methoxy groups -OCH3 is 3. The molecule has 31 heavy (non-hydrogen) atoms. The SMILES string of the molecule is COc1ccc(/C=c2\[nH]c(=O)/c(=C/c3nc[nH]c3C(C)(C)C)[nH]c2=O)c(OC)c1OC. The van der Waals surface area contributed by atoms with Gasteiger partial charge in [-0.3, -0.25) is 9.59 Å². The number of hydrogen-bond acceptors (Lipinski definition) is 6. The largest absolute Gasteiger partial charge is 0.493 e. The van der Waals surface area contributed by atoms with Gasteiger partial charge in [-0.05, 0) is 24.3 Å². The fraction of sp³-hybridized carbons (Fsp3) is 0.318. The second-order valence-electron chi connectivity index (χ2n) is 7.86. The summed E-state index contributed by atoms with van der Waals surface area (Å²) in [5, 5.41) is 0.185. The lowest BCUT2D eigenvalue weighted by Gasteiger charge is -2.16. The summed E-state index contributed by atoms with van der Waals surface area (Å²) in [5.74, 6) is 1.25. The Hall–Kier alpha value is -3.75. The van der Waals surface area contributed by atoms with Crippen molar-refractivity contribution in [1.29, 1.82) is 0 Å². The standard InChI is InChI=1S/C22H26N4O5/c1-22(2,3)19-13(23-11-24-19)10-15-21(28)25-14(20(27)26-15)9-12-7-8-16(29-4)18(31-6)17(12)30-5/h7-11H,1-6H3,(H,23,24)(H,25,28)(H,26,27)/b14-9-,15-10-. The van der Waals surface area contributed by atoms with E-state index in [9.17, 15) is 9.59 Å². The lowest BCUT2D eigenvalue weighted by atomic mass is 9.90. The van der Waals surface area contributed by atoms with Crippen molar-refractivity contribution in [3.63, 3.8) is 0 Å². The van der Waals surface area contributed by atoms with Crippen LogP contribution in [0.5, 0.6) is 17.2 Å². The van der Waals surface area contributed by atoms with Crippen LogP contribution in [0.4, 0.5) is 0 Å². The van der Waals surface area contributed by atoms with Crippen LogP contribution in [0.2, 0.25) is 0 Å². The van der Waals surface area contributed by atoms with E-state index in [4.69, 9.17) is 14.2 Å². The maximum atomic E-state index is 12.7. The molecule has 0 amide bonds. The van der Waals surface area contributed by atoms with E-state index in [2.05, 4.69) is 19.9 Å². The van der Waals surface area contributed by atoms with Gasteiger partial charge < -0.3 is 29.2 Å². The molecule has 0 fully saturated rings. The molecule has 3 aromatic rings. The number of H-pyrrole nitrogens is 3. The average Bonchev–Trinajstić information content (AvgIpc) is 3.19. The number of aromatic nitrogens is 4. The maximum Gasteiger partial charge on any atom is 0.272 e. The van der Waals surface area contributed by atoms with Gasteiger partial charge in [0.15, 0.2) is 11.5 Å². The number of hydrogen-bond donors (Lipinski definition) is 3. The van der Waals surface area contributed by atoms with E-state index < -0.39 is 11.1 Å². The van der Waals surface area contributed by atoms with Crippen LogP contribution < -0.4 is 36.0 Å². The van der Waals surface area contributed by atoms with Crippen molar-refractivity contribution in [1.82, 2.24) is 19.9 Å². The van der Waals surface area contributed by atoms with Crippen LogP contribution in [0, 0.1) is 0 Å². The van der Waals surface area contributed by atoms with Gasteiger partial charge in [0.25, 0.3) is 11.1 Å². The van der Waals surface area contributed by atoms with Crippen molar-refractivity contribution in [3.05, 3.63) is 66.8 Å². The molecule has 0 atom stereocenters. The maximum absolute atomic E-state index is 12.7. The van der Waals surface area contributed by atoms with E-state index in [0.717, 1.165) is 5.69 Å². The first-order chi connectivity index (χ1) is 14.7. The zero-order valence-corrected chi connectivity index (χ0v) is 18.4. The van der Waals surface area contributed by atoms with Crippen LogP contribution in [0.3, 0.4) is 0 Å².